The molecule has 4 nitrogen and oxygen atoms in total. The number of carbonyl (C=O) groups excluding carboxylic acids is 1. The minimum absolute atomic E-state index is 0.0288. The van der Waals surface area contributed by atoms with Crippen molar-refractivity contribution in [1.29, 1.82) is 0 Å². The van der Waals surface area contributed by atoms with Gasteiger partial charge in [-0.2, -0.15) is 0 Å². The van der Waals surface area contributed by atoms with E-state index in [-0.39, 0.29) is 18.0 Å². The van der Waals surface area contributed by atoms with Crippen LogP contribution < -0.4 is 0 Å². The zero-order valence-electron chi connectivity index (χ0n) is 22.0. The zero-order valence-corrected chi connectivity index (χ0v) is 22.0. The highest BCUT2D eigenvalue weighted by molar-refractivity contribution is 5.72. The lowest BCUT2D eigenvalue weighted by atomic mass is 9.63. The molecule has 0 aromatic heterocycles. The van der Waals surface area contributed by atoms with Gasteiger partial charge in [-0.15, -0.1) is 0 Å². The van der Waals surface area contributed by atoms with Gasteiger partial charge < -0.3 is 14.9 Å². The van der Waals surface area contributed by atoms with Crippen molar-refractivity contribution in [3.8, 4) is 0 Å². The van der Waals surface area contributed by atoms with E-state index in [1.807, 2.05) is 13.8 Å². The molecule has 4 aliphatic rings. The highest BCUT2D eigenvalue weighted by Crippen LogP contribution is 2.58. The average Bonchev–Trinajstić information content (AvgIpc) is 3.62. The summed E-state index contributed by atoms with van der Waals surface area (Å²) in [4.78, 5) is 12.3. The summed E-state index contributed by atoms with van der Waals surface area (Å²) in [5.41, 5.74) is 3.59. The van der Waals surface area contributed by atoms with Crippen molar-refractivity contribution in [2.24, 2.45) is 29.1 Å². The van der Waals surface area contributed by atoms with Gasteiger partial charge in [0.1, 0.15) is 6.10 Å². The Morgan fingerprint density at radius 2 is 2.00 bits per heavy atom. The SMILES string of the molecule is C=C1/C(=C\C=C2/CCCC3(C)C(C/C=C/C(OC(=O)C(C)CC)C4CC4)CCC23)CC(O)CC1O. The number of aliphatic hydroxyl groups excluding tert-OH is 2. The number of hydrogen-bond donors (Lipinski definition) is 2. The second-order valence-electron chi connectivity index (χ2n) is 12.0. The standard InChI is InChI=1S/C31H46O4/c1-5-20(2)30(34)35-29(23-12-13-23)10-6-9-25-15-16-27-22(8-7-17-31(25,27)4)11-14-24-18-26(32)19-28(33)21(24)3/h6,10-11,14,20,23,25-29,32-33H,3,5,7-9,12-13,15-19H2,1-2,4H3/b10-6+,22-11+,24-14-. The quantitative estimate of drug-likeness (QED) is 0.308. The smallest absolute Gasteiger partial charge is 0.309 e. The first-order valence-electron chi connectivity index (χ1n) is 14.0. The molecule has 7 unspecified atom stereocenters. The predicted octanol–water partition coefficient (Wildman–Crippen LogP) is 6.44. The van der Waals surface area contributed by atoms with Crippen LogP contribution in [0.5, 0.6) is 0 Å². The van der Waals surface area contributed by atoms with Crippen LogP contribution in [-0.2, 0) is 9.53 Å². The maximum absolute atomic E-state index is 12.3. The molecule has 2 N–H and O–H groups in total. The van der Waals surface area contributed by atoms with Crippen molar-refractivity contribution in [3.05, 3.63) is 47.6 Å². The molecule has 0 radical (unpaired) electrons. The van der Waals surface area contributed by atoms with E-state index in [1.165, 1.54) is 31.3 Å². The fourth-order valence-electron chi connectivity index (χ4n) is 6.71. The summed E-state index contributed by atoms with van der Waals surface area (Å²) in [6, 6.07) is 0. The van der Waals surface area contributed by atoms with Gasteiger partial charge in [-0.25, -0.2) is 0 Å². The number of allylic oxidation sites excluding steroid dienone is 4. The summed E-state index contributed by atoms with van der Waals surface area (Å²) in [5.74, 6) is 1.67. The molecule has 4 fully saturated rings. The lowest BCUT2D eigenvalue weighted by Gasteiger charge is -2.42. The molecule has 0 heterocycles. The third-order valence-corrected chi connectivity index (χ3v) is 9.53. The van der Waals surface area contributed by atoms with Crippen molar-refractivity contribution in [2.75, 3.05) is 0 Å². The molecule has 0 saturated heterocycles. The first-order chi connectivity index (χ1) is 16.7. The van der Waals surface area contributed by atoms with E-state index in [1.54, 1.807) is 0 Å². The molecule has 0 bridgehead atoms. The molecule has 0 aliphatic heterocycles. The van der Waals surface area contributed by atoms with Gasteiger partial charge in [0.05, 0.1) is 18.1 Å². The molecule has 4 heteroatoms. The van der Waals surface area contributed by atoms with Gasteiger partial charge in [-0.05, 0) is 105 Å². The molecule has 7 atom stereocenters. The number of fused-ring (bicyclic) bond motifs is 1. The van der Waals surface area contributed by atoms with Crippen LogP contribution in [0.2, 0.25) is 0 Å². The Balaban J connectivity index is 1.40. The number of ether oxygens (including phenoxy) is 1. The normalized spacial score (nSPS) is 37.6. The van der Waals surface area contributed by atoms with Crippen LogP contribution in [0.15, 0.2) is 47.6 Å². The number of carbonyl (C=O) groups is 1. The Morgan fingerprint density at radius 1 is 1.23 bits per heavy atom. The third-order valence-electron chi connectivity index (χ3n) is 9.53. The highest BCUT2D eigenvalue weighted by atomic mass is 16.5. The monoisotopic (exact) mass is 482 g/mol. The maximum atomic E-state index is 12.3. The average molecular weight is 483 g/mol. The first kappa shape index (κ1) is 26.4. The van der Waals surface area contributed by atoms with Gasteiger partial charge in [-0.1, -0.05) is 51.2 Å². The Bertz CT molecular complexity index is 878. The first-order valence-corrected chi connectivity index (χ1v) is 14.0. The van der Waals surface area contributed by atoms with E-state index in [0.29, 0.717) is 36.0 Å². The predicted molar refractivity (Wildman–Crippen MR) is 141 cm³/mol. The molecule has 4 saturated carbocycles. The number of aliphatic hydroxyl groups is 2. The molecule has 0 spiro atoms. The van der Waals surface area contributed by atoms with Crippen molar-refractivity contribution < 1.29 is 19.7 Å². The number of hydrogen-bond acceptors (Lipinski definition) is 4. The minimum Gasteiger partial charge on any atom is -0.458 e. The molecule has 0 amide bonds. The van der Waals surface area contributed by atoms with Crippen molar-refractivity contribution in [2.45, 2.75) is 110 Å². The Morgan fingerprint density at radius 3 is 2.71 bits per heavy atom. The lowest BCUT2D eigenvalue weighted by Crippen LogP contribution is -2.33. The molecule has 4 aliphatic carbocycles. The fraction of sp³-hybridized carbons (Fsp3) is 0.710. The van der Waals surface area contributed by atoms with Crippen molar-refractivity contribution in [3.63, 3.8) is 0 Å². The topological polar surface area (TPSA) is 66.8 Å². The summed E-state index contributed by atoms with van der Waals surface area (Å²) in [6.45, 7) is 10.5. The summed E-state index contributed by atoms with van der Waals surface area (Å²) < 4.78 is 5.87. The molecule has 0 aromatic carbocycles. The van der Waals surface area contributed by atoms with Crippen LogP contribution in [-0.4, -0.2) is 34.5 Å². The van der Waals surface area contributed by atoms with Crippen LogP contribution in [0.3, 0.4) is 0 Å². The van der Waals surface area contributed by atoms with E-state index in [9.17, 15) is 15.0 Å². The van der Waals surface area contributed by atoms with Crippen LogP contribution in [0.4, 0.5) is 0 Å². The second kappa shape index (κ2) is 11.2. The lowest BCUT2D eigenvalue weighted by molar-refractivity contribution is -0.152. The van der Waals surface area contributed by atoms with Gasteiger partial charge in [0.15, 0.2) is 0 Å². The molecular formula is C31H46O4. The Kier molecular flexibility index (Phi) is 8.43. The summed E-state index contributed by atoms with van der Waals surface area (Å²) in [6.07, 6.45) is 19.0. The molecular weight excluding hydrogens is 436 g/mol. The van der Waals surface area contributed by atoms with Gasteiger partial charge in [0.25, 0.3) is 0 Å². The van der Waals surface area contributed by atoms with E-state index in [0.717, 1.165) is 43.3 Å². The van der Waals surface area contributed by atoms with E-state index >= 15 is 0 Å². The molecule has 0 aromatic rings. The zero-order chi connectivity index (χ0) is 25.2. The van der Waals surface area contributed by atoms with Gasteiger partial charge in [0, 0.05) is 6.42 Å². The van der Waals surface area contributed by atoms with Crippen LogP contribution in [0, 0.1) is 29.1 Å². The molecule has 35 heavy (non-hydrogen) atoms. The van der Waals surface area contributed by atoms with Gasteiger partial charge >= 0.3 is 5.97 Å². The van der Waals surface area contributed by atoms with Gasteiger partial charge in [0.2, 0.25) is 0 Å². The van der Waals surface area contributed by atoms with Crippen LogP contribution in [0.25, 0.3) is 0 Å². The maximum Gasteiger partial charge on any atom is 0.309 e. The van der Waals surface area contributed by atoms with E-state index < -0.39 is 12.2 Å². The van der Waals surface area contributed by atoms with Gasteiger partial charge in [-0.3, -0.25) is 4.79 Å². The summed E-state index contributed by atoms with van der Waals surface area (Å²) in [7, 11) is 0. The highest BCUT2D eigenvalue weighted by Gasteiger charge is 2.48. The Hall–Kier alpha value is -1.65. The van der Waals surface area contributed by atoms with Crippen molar-refractivity contribution >= 4 is 5.97 Å². The second-order valence-corrected chi connectivity index (χ2v) is 12.0. The van der Waals surface area contributed by atoms with Crippen LogP contribution >= 0.6 is 0 Å². The minimum atomic E-state index is -0.633. The molecule has 194 valence electrons. The fourth-order valence-corrected chi connectivity index (χ4v) is 6.71. The largest absolute Gasteiger partial charge is 0.458 e. The summed E-state index contributed by atoms with van der Waals surface area (Å²) in [5, 5.41) is 20.3. The number of esters is 1. The van der Waals surface area contributed by atoms with Crippen molar-refractivity contribution in [1.82, 2.24) is 0 Å². The Labute approximate surface area is 212 Å². The summed E-state index contributed by atoms with van der Waals surface area (Å²) >= 11 is 0. The van der Waals surface area contributed by atoms with E-state index in [2.05, 4.69) is 37.8 Å². The third kappa shape index (κ3) is 6.02. The number of rotatable bonds is 8. The van der Waals surface area contributed by atoms with E-state index in [4.69, 9.17) is 4.74 Å². The van der Waals surface area contributed by atoms with Crippen LogP contribution in [0.1, 0.15) is 91.4 Å². The molecule has 4 rings (SSSR count).